The van der Waals surface area contributed by atoms with Crippen molar-refractivity contribution in [3.63, 3.8) is 0 Å². The molecule has 3 N–H and O–H groups in total. The van der Waals surface area contributed by atoms with Crippen molar-refractivity contribution in [2.45, 2.75) is 64.7 Å². The fourth-order valence-electron chi connectivity index (χ4n) is 4.32. The summed E-state index contributed by atoms with van der Waals surface area (Å²) in [5.74, 6) is -0.991. The quantitative estimate of drug-likeness (QED) is 0.267. The van der Waals surface area contributed by atoms with E-state index in [1.165, 1.54) is 0 Å². The second kappa shape index (κ2) is 14.7. The lowest BCUT2D eigenvalue weighted by Gasteiger charge is -2.33. The molecule has 7 nitrogen and oxygen atoms in total. The van der Waals surface area contributed by atoms with Crippen molar-refractivity contribution >= 4 is 58.1 Å². The molecule has 1 heterocycles. The van der Waals surface area contributed by atoms with Gasteiger partial charge in [0.05, 0.1) is 33.8 Å². The summed E-state index contributed by atoms with van der Waals surface area (Å²) in [4.78, 5) is 27.1. The van der Waals surface area contributed by atoms with Crippen molar-refractivity contribution in [1.29, 1.82) is 0 Å². The zero-order valence-electron chi connectivity index (χ0n) is 22.1. The van der Waals surface area contributed by atoms with Crippen LogP contribution in [0.5, 0.6) is 0 Å². The number of hydrogen-bond donors (Lipinski definition) is 3. The largest absolute Gasteiger partial charge is 0.481 e. The third-order valence-electron chi connectivity index (χ3n) is 6.15. The Morgan fingerprint density at radius 3 is 2.29 bits per heavy atom. The van der Waals surface area contributed by atoms with Crippen molar-refractivity contribution in [3.8, 4) is 0 Å². The second-order valence-corrected chi connectivity index (χ2v) is 11.7. The number of rotatable bonds is 9. The van der Waals surface area contributed by atoms with Gasteiger partial charge in [0.25, 0.3) is 5.91 Å². The minimum Gasteiger partial charge on any atom is -0.406 e. The smallest absolute Gasteiger partial charge is 0.406 e. The summed E-state index contributed by atoms with van der Waals surface area (Å²) in [6.07, 6.45) is 0.731. The van der Waals surface area contributed by atoms with E-state index in [1.807, 2.05) is 44.2 Å². The average molecular weight is 627 g/mol. The molecule has 2 unspecified atom stereocenters. The van der Waals surface area contributed by atoms with Gasteiger partial charge in [-0.1, -0.05) is 67.4 Å². The van der Waals surface area contributed by atoms with E-state index in [0.717, 1.165) is 5.56 Å². The zero-order valence-corrected chi connectivity index (χ0v) is 25.2. The molecule has 38 heavy (non-hydrogen) atoms. The first kappa shape index (κ1) is 30.9. The molecular formula is C27H35BBrCl2N3O4. The first-order chi connectivity index (χ1) is 18.0. The predicted octanol–water partition coefficient (Wildman–Crippen LogP) is 5.07. The number of halogens is 3. The molecule has 11 heteroatoms. The number of carbonyl (C=O) groups is 2. The van der Waals surface area contributed by atoms with E-state index in [4.69, 9.17) is 32.5 Å². The Morgan fingerprint density at radius 2 is 1.68 bits per heavy atom. The zero-order chi connectivity index (χ0) is 27.8. The van der Waals surface area contributed by atoms with Crippen LogP contribution in [-0.2, 0) is 20.5 Å². The van der Waals surface area contributed by atoms with Gasteiger partial charge in [-0.25, -0.2) is 0 Å². The summed E-state index contributed by atoms with van der Waals surface area (Å²) in [5.41, 5.74) is 1.07. The van der Waals surface area contributed by atoms with Crippen LogP contribution in [0.1, 0.15) is 50.0 Å². The molecule has 0 saturated carbocycles. The first-order valence-corrected chi connectivity index (χ1v) is 14.4. The minimum absolute atomic E-state index is 0.0961. The molecule has 0 radical (unpaired) electrons. The van der Waals surface area contributed by atoms with Gasteiger partial charge in [0.1, 0.15) is 6.04 Å². The second-order valence-electron chi connectivity index (χ2n) is 10.1. The molecule has 4 atom stereocenters. The summed E-state index contributed by atoms with van der Waals surface area (Å²) in [6.45, 7) is 9.48. The number of benzene rings is 2. The lowest BCUT2D eigenvalue weighted by molar-refractivity contribution is -0.123. The maximum Gasteiger partial charge on any atom is 0.481 e. The Morgan fingerprint density at radius 1 is 1.05 bits per heavy atom. The van der Waals surface area contributed by atoms with E-state index < -0.39 is 25.0 Å². The van der Waals surface area contributed by atoms with Crippen LogP contribution in [0, 0.1) is 5.92 Å². The van der Waals surface area contributed by atoms with Crippen molar-refractivity contribution in [3.05, 3.63) is 68.1 Å². The van der Waals surface area contributed by atoms with Gasteiger partial charge in [-0.2, -0.15) is 0 Å². The number of amides is 2. The Balaban J connectivity index is 1.87. The molecule has 1 fully saturated rings. The van der Waals surface area contributed by atoms with E-state index in [2.05, 4.69) is 45.7 Å². The van der Waals surface area contributed by atoms with Crippen LogP contribution >= 0.6 is 39.1 Å². The normalized spacial score (nSPS) is 19.8. The summed E-state index contributed by atoms with van der Waals surface area (Å²) in [7, 11) is -0.627. The van der Waals surface area contributed by atoms with Crippen molar-refractivity contribution in [2.75, 3.05) is 13.1 Å². The van der Waals surface area contributed by atoms with E-state index in [0.29, 0.717) is 24.0 Å². The SMILES string of the molecule is CC(C)C[C@H](NC(=O)[C@H](Cc1ccccc1)NC(=O)c1c(Br)ccc(Cl)c1Cl)B1OC(C)CNCC(C)O1. The molecule has 3 rings (SSSR count). The molecule has 2 aromatic carbocycles. The van der Waals surface area contributed by atoms with Crippen LogP contribution in [0.15, 0.2) is 46.9 Å². The minimum atomic E-state index is -0.883. The topological polar surface area (TPSA) is 88.7 Å². The monoisotopic (exact) mass is 625 g/mol. The highest BCUT2D eigenvalue weighted by Crippen LogP contribution is 2.31. The number of nitrogens with one attached hydrogen (secondary N) is 3. The van der Waals surface area contributed by atoms with Crippen LogP contribution < -0.4 is 16.0 Å². The predicted molar refractivity (Wildman–Crippen MR) is 157 cm³/mol. The summed E-state index contributed by atoms with van der Waals surface area (Å²) >= 11 is 15.9. The summed E-state index contributed by atoms with van der Waals surface area (Å²) < 4.78 is 12.9. The standard InChI is InChI=1S/C27H35BBrCl2N3O4/c1-16(2)12-23(28-37-17(3)14-32-15-18(4)38-28)34-26(35)22(13-19-8-6-5-7-9-19)33-27(36)24-20(29)10-11-21(30)25(24)31/h5-11,16-18,22-23,32H,12-15H2,1-4H3,(H,33,36)(H,34,35)/t17?,18?,22-,23-/m0/s1. The van der Waals surface area contributed by atoms with Crippen molar-refractivity contribution in [1.82, 2.24) is 16.0 Å². The highest BCUT2D eigenvalue weighted by Gasteiger charge is 2.38. The van der Waals surface area contributed by atoms with E-state index >= 15 is 0 Å². The Bertz CT molecular complexity index is 1080. The Hall–Kier alpha value is -1.62. The fraction of sp³-hybridized carbons (Fsp3) is 0.481. The van der Waals surface area contributed by atoms with Crippen LogP contribution in [0.4, 0.5) is 0 Å². The van der Waals surface area contributed by atoms with E-state index in [9.17, 15) is 9.59 Å². The average Bonchev–Trinajstić information content (AvgIpc) is 2.84. The molecule has 0 aliphatic carbocycles. The first-order valence-electron chi connectivity index (χ1n) is 12.9. The van der Waals surface area contributed by atoms with Gasteiger partial charge in [0.15, 0.2) is 0 Å². The molecule has 0 aromatic heterocycles. The van der Waals surface area contributed by atoms with Gasteiger partial charge in [-0.15, -0.1) is 0 Å². The fourth-order valence-corrected chi connectivity index (χ4v) is 5.35. The molecule has 1 aliphatic heterocycles. The highest BCUT2D eigenvalue weighted by molar-refractivity contribution is 9.10. The van der Waals surface area contributed by atoms with E-state index in [-0.39, 0.29) is 46.1 Å². The maximum absolute atomic E-state index is 13.8. The van der Waals surface area contributed by atoms with Gasteiger partial charge >= 0.3 is 7.12 Å². The Kier molecular flexibility index (Phi) is 11.9. The number of carbonyl (C=O) groups excluding carboxylic acids is 2. The third-order valence-corrected chi connectivity index (χ3v) is 7.62. The van der Waals surface area contributed by atoms with Crippen LogP contribution in [-0.4, -0.2) is 56.2 Å². The van der Waals surface area contributed by atoms with Crippen LogP contribution in [0.25, 0.3) is 0 Å². The molecule has 2 aromatic rings. The summed E-state index contributed by atoms with van der Waals surface area (Å²) in [5, 5.41) is 9.68. The van der Waals surface area contributed by atoms with Crippen LogP contribution in [0.2, 0.25) is 10.0 Å². The van der Waals surface area contributed by atoms with Crippen LogP contribution in [0.3, 0.4) is 0 Å². The molecule has 0 spiro atoms. The van der Waals surface area contributed by atoms with Crippen molar-refractivity contribution < 1.29 is 18.9 Å². The molecule has 206 valence electrons. The molecule has 1 saturated heterocycles. The van der Waals surface area contributed by atoms with E-state index in [1.54, 1.807) is 12.1 Å². The lowest BCUT2D eigenvalue weighted by Crippen LogP contribution is -2.58. The van der Waals surface area contributed by atoms with Crippen molar-refractivity contribution in [2.24, 2.45) is 5.92 Å². The Labute approximate surface area is 244 Å². The van der Waals surface area contributed by atoms with Gasteiger partial charge in [-0.05, 0) is 59.8 Å². The number of hydrogen-bond acceptors (Lipinski definition) is 5. The highest BCUT2D eigenvalue weighted by atomic mass is 79.9. The van der Waals surface area contributed by atoms with Gasteiger partial charge in [0, 0.05) is 24.0 Å². The van der Waals surface area contributed by atoms with Gasteiger partial charge in [-0.3, -0.25) is 9.59 Å². The maximum atomic E-state index is 13.8. The molecule has 1 aliphatic rings. The molecule has 0 bridgehead atoms. The van der Waals surface area contributed by atoms with Gasteiger partial charge in [0.2, 0.25) is 5.91 Å². The van der Waals surface area contributed by atoms with Gasteiger partial charge < -0.3 is 25.3 Å². The summed E-state index contributed by atoms with van der Waals surface area (Å²) in [6, 6.07) is 11.9. The lowest BCUT2D eigenvalue weighted by atomic mass is 9.72. The molecule has 2 amide bonds. The third kappa shape index (κ3) is 8.96. The molecular weight excluding hydrogens is 592 g/mol.